The Hall–Kier alpha value is -2.34. The van der Waals surface area contributed by atoms with E-state index in [1.807, 2.05) is 6.07 Å². The van der Waals surface area contributed by atoms with Crippen LogP contribution in [0.25, 0.3) is 0 Å². The molecule has 0 saturated carbocycles. The number of benzene rings is 1. The van der Waals surface area contributed by atoms with Crippen LogP contribution in [0.3, 0.4) is 0 Å². The first-order chi connectivity index (χ1) is 11.8. The van der Waals surface area contributed by atoms with E-state index in [4.69, 9.17) is 4.74 Å². The fourth-order valence-electron chi connectivity index (χ4n) is 2.83. The summed E-state index contributed by atoms with van der Waals surface area (Å²) in [5.41, 5.74) is 2.26. The molecule has 1 aromatic heterocycles. The Balaban J connectivity index is 1.69. The molecule has 0 atom stereocenters. The van der Waals surface area contributed by atoms with Gasteiger partial charge in [-0.1, -0.05) is 0 Å². The van der Waals surface area contributed by atoms with Crippen LogP contribution in [0.2, 0.25) is 0 Å². The van der Waals surface area contributed by atoms with E-state index in [1.54, 1.807) is 6.20 Å². The van der Waals surface area contributed by atoms with Crippen LogP contribution in [0, 0.1) is 0 Å². The van der Waals surface area contributed by atoms with Crippen LogP contribution < -0.4 is 15.1 Å². The number of nitrogens with one attached hydrogen (secondary N) is 1. The minimum atomic E-state index is 0.730. The van der Waals surface area contributed by atoms with Crippen molar-refractivity contribution >= 4 is 23.1 Å². The number of ether oxygens (including phenoxy) is 1. The molecule has 1 aromatic carbocycles. The van der Waals surface area contributed by atoms with E-state index in [1.165, 1.54) is 5.69 Å². The Labute approximate surface area is 143 Å². The summed E-state index contributed by atoms with van der Waals surface area (Å²) in [7, 11) is 0. The summed E-state index contributed by atoms with van der Waals surface area (Å²) in [5, 5.41) is 3.36. The van der Waals surface area contributed by atoms with Crippen LogP contribution in [0.15, 0.2) is 36.5 Å². The molecule has 24 heavy (non-hydrogen) atoms. The quantitative estimate of drug-likeness (QED) is 0.880. The number of nitrogens with zero attached hydrogens (tertiary/aromatic N) is 4. The normalized spacial score (nSPS) is 14.5. The van der Waals surface area contributed by atoms with Crippen molar-refractivity contribution in [3.63, 3.8) is 0 Å². The maximum atomic E-state index is 5.38. The molecular weight excluding hydrogens is 302 g/mol. The number of aromatic nitrogens is 2. The second-order valence-corrected chi connectivity index (χ2v) is 5.69. The summed E-state index contributed by atoms with van der Waals surface area (Å²) in [6.07, 6.45) is 1.80. The van der Waals surface area contributed by atoms with E-state index in [9.17, 15) is 0 Å². The Kier molecular flexibility index (Phi) is 5.48. The second-order valence-electron chi connectivity index (χ2n) is 5.69. The SMILES string of the molecule is CCN(CC)c1ccc(Nc2ccnc(N3CCOCC3)n2)cc1. The van der Waals surface area contributed by atoms with Crippen molar-refractivity contribution < 1.29 is 4.74 Å². The largest absolute Gasteiger partial charge is 0.378 e. The van der Waals surface area contributed by atoms with Crippen molar-refractivity contribution in [1.82, 2.24) is 9.97 Å². The molecule has 1 N–H and O–H groups in total. The van der Waals surface area contributed by atoms with Crippen LogP contribution >= 0.6 is 0 Å². The van der Waals surface area contributed by atoms with Gasteiger partial charge in [-0.25, -0.2) is 4.98 Å². The van der Waals surface area contributed by atoms with Crippen molar-refractivity contribution in [2.24, 2.45) is 0 Å². The maximum absolute atomic E-state index is 5.38. The molecule has 128 valence electrons. The molecule has 1 aliphatic rings. The summed E-state index contributed by atoms with van der Waals surface area (Å²) in [4.78, 5) is 13.5. The third kappa shape index (κ3) is 3.94. The minimum absolute atomic E-state index is 0.730. The molecule has 0 bridgehead atoms. The van der Waals surface area contributed by atoms with Gasteiger partial charge in [-0.3, -0.25) is 0 Å². The summed E-state index contributed by atoms with van der Waals surface area (Å²) in [5.74, 6) is 1.56. The van der Waals surface area contributed by atoms with Gasteiger partial charge in [0.25, 0.3) is 0 Å². The van der Waals surface area contributed by atoms with Crippen LogP contribution in [0.1, 0.15) is 13.8 Å². The maximum Gasteiger partial charge on any atom is 0.227 e. The first-order valence-electron chi connectivity index (χ1n) is 8.58. The fraction of sp³-hybridized carbons (Fsp3) is 0.444. The Bertz CT molecular complexity index is 636. The van der Waals surface area contributed by atoms with Gasteiger partial charge in [0, 0.05) is 43.8 Å². The molecule has 1 saturated heterocycles. The van der Waals surface area contributed by atoms with E-state index >= 15 is 0 Å². The van der Waals surface area contributed by atoms with Gasteiger partial charge in [0.2, 0.25) is 5.95 Å². The highest BCUT2D eigenvalue weighted by atomic mass is 16.5. The lowest BCUT2D eigenvalue weighted by Gasteiger charge is -2.26. The highest BCUT2D eigenvalue weighted by Gasteiger charge is 2.14. The number of rotatable bonds is 6. The average Bonchev–Trinajstić information content (AvgIpc) is 2.65. The standard InChI is InChI=1S/C18H25N5O/c1-3-22(4-2)16-7-5-15(6-8-16)20-17-9-10-19-18(21-17)23-11-13-24-14-12-23/h5-10H,3-4,11-14H2,1-2H3,(H,19,20,21). The van der Waals surface area contributed by atoms with E-state index < -0.39 is 0 Å². The van der Waals surface area contributed by atoms with Gasteiger partial charge in [-0.15, -0.1) is 0 Å². The third-order valence-electron chi connectivity index (χ3n) is 4.21. The molecule has 6 heteroatoms. The Morgan fingerprint density at radius 2 is 1.79 bits per heavy atom. The minimum Gasteiger partial charge on any atom is -0.378 e. The van der Waals surface area contributed by atoms with Crippen LogP contribution in [-0.2, 0) is 4.74 Å². The summed E-state index contributed by atoms with van der Waals surface area (Å²) in [6, 6.07) is 10.3. The van der Waals surface area contributed by atoms with Crippen LogP contribution in [0.5, 0.6) is 0 Å². The van der Waals surface area contributed by atoms with E-state index in [2.05, 4.69) is 63.2 Å². The molecule has 2 heterocycles. The van der Waals surface area contributed by atoms with Crippen LogP contribution in [-0.4, -0.2) is 49.4 Å². The number of anilines is 4. The molecule has 1 fully saturated rings. The zero-order valence-electron chi connectivity index (χ0n) is 14.4. The van der Waals surface area contributed by atoms with Gasteiger partial charge in [-0.2, -0.15) is 4.98 Å². The molecule has 0 spiro atoms. The number of hydrogen-bond donors (Lipinski definition) is 1. The Morgan fingerprint density at radius 1 is 1.08 bits per heavy atom. The van der Waals surface area contributed by atoms with Gasteiger partial charge in [0.15, 0.2) is 0 Å². The second kappa shape index (κ2) is 7.97. The molecule has 0 aliphatic carbocycles. The highest BCUT2D eigenvalue weighted by Crippen LogP contribution is 2.21. The topological polar surface area (TPSA) is 53.5 Å². The van der Waals surface area contributed by atoms with E-state index in [0.29, 0.717) is 0 Å². The lowest BCUT2D eigenvalue weighted by Crippen LogP contribution is -2.37. The molecule has 6 nitrogen and oxygen atoms in total. The smallest absolute Gasteiger partial charge is 0.227 e. The lowest BCUT2D eigenvalue weighted by molar-refractivity contribution is 0.122. The number of hydrogen-bond acceptors (Lipinski definition) is 6. The van der Waals surface area contributed by atoms with E-state index in [0.717, 1.165) is 56.8 Å². The van der Waals surface area contributed by atoms with Crippen molar-refractivity contribution in [3.8, 4) is 0 Å². The first-order valence-corrected chi connectivity index (χ1v) is 8.58. The summed E-state index contributed by atoms with van der Waals surface area (Å²) in [6.45, 7) is 9.50. The number of morpholine rings is 1. The van der Waals surface area contributed by atoms with Gasteiger partial charge in [0.05, 0.1) is 13.2 Å². The van der Waals surface area contributed by atoms with Crippen molar-refractivity contribution in [1.29, 1.82) is 0 Å². The molecule has 0 radical (unpaired) electrons. The summed E-state index contributed by atoms with van der Waals surface area (Å²) < 4.78 is 5.38. The van der Waals surface area contributed by atoms with Gasteiger partial charge < -0.3 is 19.9 Å². The summed E-state index contributed by atoms with van der Waals surface area (Å²) >= 11 is 0. The van der Waals surface area contributed by atoms with Crippen molar-refractivity contribution in [3.05, 3.63) is 36.5 Å². The molecule has 1 aliphatic heterocycles. The average molecular weight is 327 g/mol. The van der Waals surface area contributed by atoms with Gasteiger partial charge >= 0.3 is 0 Å². The Morgan fingerprint density at radius 3 is 2.46 bits per heavy atom. The van der Waals surface area contributed by atoms with Gasteiger partial charge in [0.1, 0.15) is 5.82 Å². The predicted octanol–water partition coefficient (Wildman–Crippen LogP) is 2.90. The molecule has 2 aromatic rings. The molecule has 3 rings (SSSR count). The van der Waals surface area contributed by atoms with Crippen LogP contribution in [0.4, 0.5) is 23.1 Å². The zero-order chi connectivity index (χ0) is 16.8. The lowest BCUT2D eigenvalue weighted by atomic mass is 10.2. The fourth-order valence-corrected chi connectivity index (χ4v) is 2.83. The predicted molar refractivity (Wildman–Crippen MR) is 98.3 cm³/mol. The zero-order valence-corrected chi connectivity index (χ0v) is 14.4. The monoisotopic (exact) mass is 327 g/mol. The van der Waals surface area contributed by atoms with Crippen molar-refractivity contribution in [2.75, 3.05) is 54.5 Å². The van der Waals surface area contributed by atoms with E-state index in [-0.39, 0.29) is 0 Å². The highest BCUT2D eigenvalue weighted by molar-refractivity contribution is 5.61. The third-order valence-corrected chi connectivity index (χ3v) is 4.21. The molecular formula is C18H25N5O. The van der Waals surface area contributed by atoms with Crippen molar-refractivity contribution in [2.45, 2.75) is 13.8 Å². The van der Waals surface area contributed by atoms with Gasteiger partial charge in [-0.05, 0) is 44.2 Å². The molecule has 0 unspecified atom stereocenters. The molecule has 0 amide bonds. The first kappa shape index (κ1) is 16.5.